The third-order valence-corrected chi connectivity index (χ3v) is 12.4. The van der Waals surface area contributed by atoms with Crippen LogP contribution in [0.4, 0.5) is 5.82 Å². The summed E-state index contributed by atoms with van der Waals surface area (Å²) in [4.78, 5) is 98.3. The van der Waals surface area contributed by atoms with Crippen LogP contribution in [0.5, 0.6) is 0 Å². The molecular formula is C33H50N7O19P3S. The molecule has 2 aromatic heterocycles. The van der Waals surface area contributed by atoms with Gasteiger partial charge in [0.15, 0.2) is 22.8 Å². The molecule has 30 heteroatoms. The van der Waals surface area contributed by atoms with E-state index >= 15 is 0 Å². The fourth-order valence-corrected chi connectivity index (χ4v) is 8.73. The Bertz CT molecular complexity index is 2130. The molecule has 1 fully saturated rings. The number of aliphatic hydroxyl groups is 2. The zero-order valence-electron chi connectivity index (χ0n) is 33.7. The van der Waals surface area contributed by atoms with Gasteiger partial charge in [0.05, 0.1) is 26.0 Å². The van der Waals surface area contributed by atoms with Crippen molar-refractivity contribution < 1.29 is 90.4 Å². The summed E-state index contributed by atoms with van der Waals surface area (Å²) in [5.74, 6) is -2.12. The van der Waals surface area contributed by atoms with Gasteiger partial charge >= 0.3 is 29.4 Å². The number of rotatable bonds is 27. The van der Waals surface area contributed by atoms with Gasteiger partial charge in [0, 0.05) is 37.1 Å². The van der Waals surface area contributed by atoms with E-state index in [1.807, 2.05) is 18.2 Å². The summed E-state index contributed by atoms with van der Waals surface area (Å²) < 4.78 is 62.2. The van der Waals surface area contributed by atoms with E-state index in [1.54, 1.807) is 18.2 Å². The molecule has 1 aliphatic heterocycles. The van der Waals surface area contributed by atoms with Crippen molar-refractivity contribution in [1.29, 1.82) is 0 Å². The minimum Gasteiger partial charge on any atom is -0.481 e. The zero-order chi connectivity index (χ0) is 47.0. The maximum absolute atomic E-state index is 12.7. The van der Waals surface area contributed by atoms with Crippen molar-refractivity contribution >= 4 is 75.1 Å². The predicted octanol–water partition coefficient (Wildman–Crippen LogP) is 0.978. The number of nitrogens with two attached hydrogens (primary N) is 1. The number of aliphatic hydroxyl groups excluding tert-OH is 2. The number of hydrogen-bond acceptors (Lipinski definition) is 19. The number of imidazole rings is 1. The van der Waals surface area contributed by atoms with Gasteiger partial charge in [-0.1, -0.05) is 62.1 Å². The van der Waals surface area contributed by atoms with Crippen molar-refractivity contribution in [2.45, 2.75) is 76.6 Å². The Morgan fingerprint density at radius 2 is 1.59 bits per heavy atom. The first-order valence-electron chi connectivity index (χ1n) is 18.6. The molecule has 7 unspecified atom stereocenters. The van der Waals surface area contributed by atoms with Crippen LogP contribution in [0.1, 0.15) is 52.2 Å². The molecule has 0 aliphatic carbocycles. The largest absolute Gasteiger partial charge is 0.481 e. The molecular weight excluding hydrogens is 923 g/mol. The van der Waals surface area contributed by atoms with Crippen LogP contribution < -0.4 is 16.4 Å². The van der Waals surface area contributed by atoms with Gasteiger partial charge in [-0.25, -0.2) is 28.6 Å². The van der Waals surface area contributed by atoms with Gasteiger partial charge in [0.1, 0.15) is 36.3 Å². The number of carboxylic acids is 1. The number of aliphatic carboxylic acids is 1. The highest BCUT2D eigenvalue weighted by Gasteiger charge is 2.50. The van der Waals surface area contributed by atoms with Crippen molar-refractivity contribution in [3.8, 4) is 0 Å². The third kappa shape index (κ3) is 18.7. The Kier molecular flexibility index (Phi) is 20.9. The van der Waals surface area contributed by atoms with Crippen LogP contribution in [-0.2, 0) is 55.5 Å². The molecule has 2 amide bonds. The van der Waals surface area contributed by atoms with Crippen LogP contribution in [0, 0.1) is 5.41 Å². The highest BCUT2D eigenvalue weighted by atomic mass is 32.2. The number of nitrogen functional groups attached to an aromatic ring is 1. The number of anilines is 1. The average molecular weight is 974 g/mol. The van der Waals surface area contributed by atoms with E-state index in [2.05, 4.69) is 34.4 Å². The quantitative estimate of drug-likeness (QED) is 0.0339. The first-order chi connectivity index (χ1) is 29.4. The fourth-order valence-electron chi connectivity index (χ4n) is 5.26. The van der Waals surface area contributed by atoms with Gasteiger partial charge in [-0.05, 0) is 12.8 Å². The number of phosphoric acid groups is 3. The third-order valence-electron chi connectivity index (χ3n) is 8.39. The van der Waals surface area contributed by atoms with Gasteiger partial charge in [-0.3, -0.25) is 37.3 Å². The highest BCUT2D eigenvalue weighted by Crippen LogP contribution is 2.61. The summed E-state index contributed by atoms with van der Waals surface area (Å²) in [6.07, 6.45) is 4.92. The molecule has 352 valence electrons. The Morgan fingerprint density at radius 3 is 2.24 bits per heavy atom. The second-order valence-corrected chi connectivity index (χ2v) is 19.4. The minimum atomic E-state index is -5.59. The number of aromatic nitrogens is 4. The number of allylic oxidation sites excluding steroid dienone is 5. The van der Waals surface area contributed by atoms with Crippen LogP contribution in [0.25, 0.3) is 11.2 Å². The first-order valence-corrected chi connectivity index (χ1v) is 24.1. The number of hydrogen-bond donors (Lipinski definition) is 10. The highest BCUT2D eigenvalue weighted by molar-refractivity contribution is 8.13. The van der Waals surface area contributed by atoms with Crippen LogP contribution >= 0.6 is 35.2 Å². The molecule has 1 saturated heterocycles. The van der Waals surface area contributed by atoms with Crippen molar-refractivity contribution in [2.24, 2.45) is 5.41 Å². The van der Waals surface area contributed by atoms with Crippen LogP contribution in [-0.4, -0.2) is 134 Å². The van der Waals surface area contributed by atoms with Crippen LogP contribution in [0.3, 0.4) is 0 Å². The summed E-state index contributed by atoms with van der Waals surface area (Å²) in [5.41, 5.74) is 4.23. The Morgan fingerprint density at radius 1 is 0.952 bits per heavy atom. The Balaban J connectivity index is 1.38. The minimum absolute atomic E-state index is 0.0225. The summed E-state index contributed by atoms with van der Waals surface area (Å²) in [5, 5.41) is 34.9. The molecule has 11 N–H and O–H groups in total. The Hall–Kier alpha value is -3.75. The summed E-state index contributed by atoms with van der Waals surface area (Å²) in [6, 6.07) is 0. The van der Waals surface area contributed by atoms with E-state index in [0.717, 1.165) is 29.0 Å². The number of amides is 2. The lowest BCUT2D eigenvalue weighted by atomic mass is 9.87. The molecule has 7 atom stereocenters. The number of carboxylic acid groups (broad SMARTS) is 1. The zero-order valence-corrected chi connectivity index (χ0v) is 37.2. The maximum atomic E-state index is 12.7. The molecule has 0 spiro atoms. The molecule has 63 heavy (non-hydrogen) atoms. The normalized spacial score (nSPS) is 20.9. The molecule has 0 radical (unpaired) electrons. The van der Waals surface area contributed by atoms with E-state index in [4.69, 9.17) is 24.6 Å². The molecule has 3 rings (SSSR count). The van der Waals surface area contributed by atoms with Gasteiger partial charge in [0.2, 0.25) is 11.8 Å². The molecule has 0 aromatic carbocycles. The summed E-state index contributed by atoms with van der Waals surface area (Å²) >= 11 is 1.02. The number of ether oxygens (including phenoxy) is 1. The Labute approximate surface area is 363 Å². The van der Waals surface area contributed by atoms with E-state index in [0.29, 0.717) is 18.6 Å². The van der Waals surface area contributed by atoms with E-state index in [1.165, 1.54) is 13.8 Å². The van der Waals surface area contributed by atoms with E-state index in [-0.39, 0.29) is 54.4 Å². The maximum Gasteiger partial charge on any atom is 0.481 e. The molecule has 3 heterocycles. The standard InChI is InChI=1S/C33H50N7O19P3S/c1-33(2,28(46)31(47)36-14-13-22(41)35-15-16-63-24(44)12-10-8-6-4-3-5-7-9-11-23(42)43)18-56-62(53,54)59-61(51,52)55-17-21-27(58-60(48,49)50)26(45)32(57-21)40-20-39-25-29(34)37-19-38-30(25)40/h3-4,7-10,19-21,26-28,32,45-46H,5-6,11-18H2,1-2H3,(H,35,41)(H,36,47)(H,42,43)(H,51,52)(H,53,54)(H2,34,37,38)(H2,48,49,50)/b4-3+,9-7+,10-8+. The van der Waals surface area contributed by atoms with E-state index < -0.39 is 90.5 Å². The van der Waals surface area contributed by atoms with Gasteiger partial charge in [-0.15, -0.1) is 0 Å². The topological polar surface area (TPSA) is 401 Å². The molecule has 1 aliphatic rings. The lowest BCUT2D eigenvalue weighted by molar-refractivity contribution is -0.137. The van der Waals surface area contributed by atoms with Gasteiger partial charge in [0.25, 0.3) is 0 Å². The number of nitrogens with one attached hydrogen (secondary N) is 2. The summed E-state index contributed by atoms with van der Waals surface area (Å²) in [6.45, 7) is 0.367. The monoisotopic (exact) mass is 973 g/mol. The first kappa shape index (κ1) is 53.6. The number of phosphoric ester groups is 3. The van der Waals surface area contributed by atoms with Crippen molar-refractivity contribution in [1.82, 2.24) is 30.2 Å². The fraction of sp³-hybridized carbons (Fsp3) is 0.545. The van der Waals surface area contributed by atoms with Crippen molar-refractivity contribution in [2.75, 3.05) is 37.8 Å². The van der Waals surface area contributed by atoms with Crippen LogP contribution in [0.15, 0.2) is 49.1 Å². The molecule has 0 bridgehead atoms. The van der Waals surface area contributed by atoms with Crippen molar-refractivity contribution in [3.63, 3.8) is 0 Å². The lowest BCUT2D eigenvalue weighted by Gasteiger charge is -2.30. The summed E-state index contributed by atoms with van der Waals surface area (Å²) in [7, 11) is -16.4. The molecule has 2 aromatic rings. The number of fused-ring (bicyclic) bond motifs is 1. The second kappa shape index (κ2) is 24.5. The van der Waals surface area contributed by atoms with E-state index in [9.17, 15) is 62.7 Å². The van der Waals surface area contributed by atoms with Gasteiger partial charge < -0.3 is 56.0 Å². The number of thioether (sulfide) groups is 1. The predicted molar refractivity (Wildman–Crippen MR) is 221 cm³/mol. The number of nitrogens with zero attached hydrogens (tertiary/aromatic N) is 4. The number of carbonyl (C=O) groups is 4. The van der Waals surface area contributed by atoms with Crippen LogP contribution in [0.2, 0.25) is 0 Å². The van der Waals surface area contributed by atoms with Gasteiger partial charge in [-0.2, -0.15) is 4.31 Å². The SMILES string of the molecule is CC(C)(COP(=O)(O)OP(=O)(O)OCC1OC(n2cnc3c(N)ncnc32)C(O)C1OP(=O)(O)O)C(O)C(=O)NCCC(=O)NCCSC(=O)C/C=C/C/C=C/C/C=C/CC(=O)O. The smallest absolute Gasteiger partial charge is 0.481 e. The average Bonchev–Trinajstić information content (AvgIpc) is 3.75. The second-order valence-electron chi connectivity index (χ2n) is 14.0. The lowest BCUT2D eigenvalue weighted by Crippen LogP contribution is -2.46. The molecule has 0 saturated carbocycles. The number of carbonyl (C=O) groups excluding carboxylic acids is 3. The molecule has 26 nitrogen and oxygen atoms in total. The van der Waals surface area contributed by atoms with Crippen molar-refractivity contribution in [3.05, 3.63) is 49.1 Å².